The third kappa shape index (κ3) is 6.30. The van der Waals surface area contributed by atoms with E-state index in [0.717, 1.165) is 30.3 Å². The molecule has 1 heteroatoms. The van der Waals surface area contributed by atoms with E-state index in [1.807, 2.05) is 7.11 Å². The predicted octanol–water partition coefficient (Wildman–Crippen LogP) is 6.22. The van der Waals surface area contributed by atoms with Crippen LogP contribution in [0.2, 0.25) is 0 Å². The number of ether oxygens (including phenoxy) is 1. The van der Waals surface area contributed by atoms with Crippen LogP contribution in [0.5, 0.6) is 0 Å². The first-order valence-electron chi connectivity index (χ1n) is 9.80. The predicted molar refractivity (Wildman–Crippen MR) is 91.5 cm³/mol. The average molecular weight is 295 g/mol. The van der Waals surface area contributed by atoms with Gasteiger partial charge in [-0.15, -0.1) is 0 Å². The molecule has 0 aromatic rings. The van der Waals surface area contributed by atoms with Gasteiger partial charge in [0.25, 0.3) is 0 Å². The van der Waals surface area contributed by atoms with Gasteiger partial charge >= 0.3 is 0 Å². The van der Waals surface area contributed by atoms with Gasteiger partial charge < -0.3 is 4.74 Å². The van der Waals surface area contributed by atoms with Crippen LogP contribution < -0.4 is 0 Å². The molecule has 0 spiro atoms. The van der Waals surface area contributed by atoms with Crippen molar-refractivity contribution in [3.8, 4) is 0 Å². The largest absolute Gasteiger partial charge is 0.384 e. The summed E-state index contributed by atoms with van der Waals surface area (Å²) in [5.74, 6) is 4.04. The molecule has 2 aliphatic carbocycles. The first kappa shape index (κ1) is 17.3. The molecule has 0 aromatic heterocycles. The Morgan fingerprint density at radius 2 is 1.10 bits per heavy atom. The average Bonchev–Trinajstić information content (AvgIpc) is 2.53. The van der Waals surface area contributed by atoms with Crippen LogP contribution >= 0.6 is 0 Å². The maximum Gasteiger partial charge on any atom is 0.0490 e. The van der Waals surface area contributed by atoms with Gasteiger partial charge in [0, 0.05) is 13.7 Å². The van der Waals surface area contributed by atoms with Gasteiger partial charge in [-0.25, -0.2) is 0 Å². The van der Waals surface area contributed by atoms with Gasteiger partial charge in [-0.2, -0.15) is 0 Å². The maximum atomic E-state index is 5.31. The minimum Gasteiger partial charge on any atom is -0.384 e. The molecule has 0 unspecified atom stereocenters. The summed E-state index contributed by atoms with van der Waals surface area (Å²) < 4.78 is 5.31. The Morgan fingerprint density at radius 1 is 0.667 bits per heavy atom. The fourth-order valence-corrected chi connectivity index (χ4v) is 4.70. The lowest BCUT2D eigenvalue weighted by Crippen LogP contribution is -2.20. The Hall–Kier alpha value is -0.0400. The second-order valence-corrected chi connectivity index (χ2v) is 7.95. The quantitative estimate of drug-likeness (QED) is 0.516. The summed E-state index contributed by atoms with van der Waals surface area (Å²) in [7, 11) is 1.85. The van der Waals surface area contributed by atoms with Crippen molar-refractivity contribution in [2.75, 3.05) is 13.7 Å². The van der Waals surface area contributed by atoms with Crippen LogP contribution in [0.25, 0.3) is 0 Å². The highest BCUT2D eigenvalue weighted by Gasteiger charge is 2.24. The standard InChI is InChI=1S/C20H38O/c1-3-4-5-17-6-8-18(9-7-17)10-11-19-12-14-20(15-13-19)16-21-2/h17-20H,3-16H2,1-2H3/t17-,18-,19-,20-. The Balaban J connectivity index is 1.54. The van der Waals surface area contributed by atoms with Crippen molar-refractivity contribution < 1.29 is 4.74 Å². The summed E-state index contributed by atoms with van der Waals surface area (Å²) in [6.07, 6.45) is 19.3. The summed E-state index contributed by atoms with van der Waals surface area (Å²) in [5.41, 5.74) is 0. The zero-order chi connectivity index (χ0) is 14.9. The zero-order valence-electron chi connectivity index (χ0n) is 14.6. The summed E-state index contributed by atoms with van der Waals surface area (Å²) in [6, 6.07) is 0. The van der Waals surface area contributed by atoms with E-state index in [1.165, 1.54) is 83.5 Å². The molecule has 124 valence electrons. The fourth-order valence-electron chi connectivity index (χ4n) is 4.70. The van der Waals surface area contributed by atoms with E-state index >= 15 is 0 Å². The summed E-state index contributed by atoms with van der Waals surface area (Å²) >= 11 is 0. The molecule has 0 bridgehead atoms. The highest BCUT2D eigenvalue weighted by Crippen LogP contribution is 2.37. The van der Waals surface area contributed by atoms with Gasteiger partial charge in [0.1, 0.15) is 0 Å². The lowest BCUT2D eigenvalue weighted by Gasteiger charge is -2.32. The molecule has 0 saturated heterocycles. The molecule has 2 fully saturated rings. The van der Waals surface area contributed by atoms with Crippen molar-refractivity contribution in [1.82, 2.24) is 0 Å². The smallest absolute Gasteiger partial charge is 0.0490 e. The zero-order valence-corrected chi connectivity index (χ0v) is 14.6. The molecule has 0 atom stereocenters. The Kier molecular flexibility index (Phi) is 8.14. The van der Waals surface area contributed by atoms with Crippen LogP contribution in [0, 0.1) is 23.7 Å². The van der Waals surface area contributed by atoms with E-state index in [9.17, 15) is 0 Å². The monoisotopic (exact) mass is 294 g/mol. The second kappa shape index (κ2) is 9.87. The number of rotatable bonds is 8. The molecule has 2 saturated carbocycles. The van der Waals surface area contributed by atoms with E-state index in [1.54, 1.807) is 0 Å². The molecule has 0 heterocycles. The van der Waals surface area contributed by atoms with E-state index in [4.69, 9.17) is 4.74 Å². The van der Waals surface area contributed by atoms with Gasteiger partial charge in [-0.05, 0) is 36.5 Å². The van der Waals surface area contributed by atoms with Gasteiger partial charge in [-0.1, -0.05) is 77.6 Å². The lowest BCUT2D eigenvalue weighted by atomic mass is 9.75. The fraction of sp³-hybridized carbons (Fsp3) is 1.00. The number of methoxy groups -OCH3 is 1. The molecule has 0 N–H and O–H groups in total. The third-order valence-electron chi connectivity index (χ3n) is 6.28. The van der Waals surface area contributed by atoms with E-state index in [2.05, 4.69) is 6.92 Å². The number of hydrogen-bond acceptors (Lipinski definition) is 1. The Labute approximate surface area is 133 Å². The van der Waals surface area contributed by atoms with Gasteiger partial charge in [0.2, 0.25) is 0 Å². The maximum absolute atomic E-state index is 5.31. The topological polar surface area (TPSA) is 9.23 Å². The minimum absolute atomic E-state index is 0.861. The molecular formula is C20H38O. The van der Waals surface area contributed by atoms with Crippen molar-refractivity contribution in [2.45, 2.75) is 90.4 Å². The normalized spacial score (nSPS) is 34.0. The molecular weight excluding hydrogens is 256 g/mol. The van der Waals surface area contributed by atoms with Crippen molar-refractivity contribution >= 4 is 0 Å². The van der Waals surface area contributed by atoms with Crippen molar-refractivity contribution in [2.24, 2.45) is 23.7 Å². The molecule has 2 aliphatic rings. The number of unbranched alkanes of at least 4 members (excludes halogenated alkanes) is 1. The molecule has 1 nitrogen and oxygen atoms in total. The van der Waals surface area contributed by atoms with Crippen LogP contribution in [0.1, 0.15) is 90.4 Å². The summed E-state index contributed by atoms with van der Waals surface area (Å²) in [5, 5.41) is 0. The van der Waals surface area contributed by atoms with E-state index in [-0.39, 0.29) is 0 Å². The Bertz CT molecular complexity index is 247. The molecule has 21 heavy (non-hydrogen) atoms. The lowest BCUT2D eigenvalue weighted by molar-refractivity contribution is 0.115. The van der Waals surface area contributed by atoms with Gasteiger partial charge in [0.05, 0.1) is 0 Å². The molecule has 2 rings (SSSR count). The third-order valence-corrected chi connectivity index (χ3v) is 6.28. The minimum atomic E-state index is 0.861. The first-order valence-corrected chi connectivity index (χ1v) is 9.80. The van der Waals surface area contributed by atoms with Gasteiger partial charge in [-0.3, -0.25) is 0 Å². The number of hydrogen-bond donors (Lipinski definition) is 0. The molecule has 0 amide bonds. The van der Waals surface area contributed by atoms with E-state index < -0.39 is 0 Å². The Morgan fingerprint density at radius 3 is 1.52 bits per heavy atom. The van der Waals surface area contributed by atoms with Gasteiger partial charge in [0.15, 0.2) is 0 Å². The van der Waals surface area contributed by atoms with Crippen molar-refractivity contribution in [3.63, 3.8) is 0 Å². The highest BCUT2D eigenvalue weighted by atomic mass is 16.5. The highest BCUT2D eigenvalue weighted by molar-refractivity contribution is 4.76. The SMILES string of the molecule is CCCC[C@H]1CC[C@H](CC[C@H]2CC[C@H](COC)CC2)CC1. The summed E-state index contributed by atoms with van der Waals surface area (Å²) in [4.78, 5) is 0. The van der Waals surface area contributed by atoms with Crippen LogP contribution in [0.4, 0.5) is 0 Å². The van der Waals surface area contributed by atoms with Crippen LogP contribution in [-0.2, 0) is 4.74 Å². The second-order valence-electron chi connectivity index (χ2n) is 7.95. The first-order chi connectivity index (χ1) is 10.3. The van der Waals surface area contributed by atoms with E-state index in [0.29, 0.717) is 0 Å². The molecule has 0 aliphatic heterocycles. The van der Waals surface area contributed by atoms with Crippen molar-refractivity contribution in [3.05, 3.63) is 0 Å². The summed E-state index contributed by atoms with van der Waals surface area (Å²) in [6.45, 7) is 3.32. The molecule has 0 aromatic carbocycles. The van der Waals surface area contributed by atoms with Crippen molar-refractivity contribution in [1.29, 1.82) is 0 Å². The molecule has 0 radical (unpaired) electrons. The van der Waals surface area contributed by atoms with Crippen LogP contribution in [0.3, 0.4) is 0 Å². The van der Waals surface area contributed by atoms with Crippen LogP contribution in [0.15, 0.2) is 0 Å². The van der Waals surface area contributed by atoms with Crippen LogP contribution in [-0.4, -0.2) is 13.7 Å².